The van der Waals surface area contributed by atoms with Gasteiger partial charge in [0.1, 0.15) is 0 Å². The Balaban J connectivity index is 1.39. The molecule has 4 aromatic rings. The van der Waals surface area contributed by atoms with E-state index in [9.17, 15) is 0 Å². The molecule has 6 rings (SSSR count). The van der Waals surface area contributed by atoms with Crippen molar-refractivity contribution in [2.75, 3.05) is 36.1 Å². The number of nitrogens with one attached hydrogen (secondary N) is 1. The number of aryl methyl sites for hydroxylation is 1. The van der Waals surface area contributed by atoms with E-state index >= 15 is 0 Å². The number of thiocarbonyl (C=S) groups is 1. The van der Waals surface area contributed by atoms with Gasteiger partial charge in [-0.15, -0.1) is 0 Å². The van der Waals surface area contributed by atoms with Crippen LogP contribution in [0, 0.1) is 13.8 Å². The number of rotatable bonds is 6. The lowest BCUT2D eigenvalue weighted by Crippen LogP contribution is -2.36. The second kappa shape index (κ2) is 10.6. The summed E-state index contributed by atoms with van der Waals surface area (Å²) in [6, 6.07) is 21.2. The van der Waals surface area contributed by atoms with E-state index in [0.29, 0.717) is 5.11 Å². The van der Waals surface area contributed by atoms with Crippen LogP contribution in [0.25, 0.3) is 0 Å². The van der Waals surface area contributed by atoms with Gasteiger partial charge in [-0.05, 0) is 91.8 Å². The lowest BCUT2D eigenvalue weighted by molar-refractivity contribution is 0.122. The zero-order valence-corrected chi connectivity index (χ0v) is 22.6. The van der Waals surface area contributed by atoms with E-state index in [-0.39, 0.29) is 12.1 Å². The third-order valence-electron chi connectivity index (χ3n) is 7.62. The fourth-order valence-corrected chi connectivity index (χ4v) is 5.98. The van der Waals surface area contributed by atoms with Gasteiger partial charge >= 0.3 is 0 Å². The van der Waals surface area contributed by atoms with Crippen molar-refractivity contribution in [2.24, 2.45) is 0 Å². The van der Waals surface area contributed by atoms with Crippen molar-refractivity contribution < 1.29 is 4.74 Å². The van der Waals surface area contributed by atoms with Gasteiger partial charge in [-0.3, -0.25) is 9.97 Å². The summed E-state index contributed by atoms with van der Waals surface area (Å²) in [7, 11) is 0. The smallest absolute Gasteiger partial charge is 0.174 e. The van der Waals surface area contributed by atoms with Crippen LogP contribution in [0.4, 0.5) is 11.4 Å². The predicted octanol–water partition coefficient (Wildman–Crippen LogP) is 4.96. The SMILES string of the molecule is Cc1cc([C@H]2[C@H](c3ccccn3)NC(=S)N2c2ccc(N3CCOCC3)cc2)c(C)n1Cc1ccncc1. The second-order valence-corrected chi connectivity index (χ2v) is 10.3. The van der Waals surface area contributed by atoms with Gasteiger partial charge in [0.25, 0.3) is 0 Å². The van der Waals surface area contributed by atoms with Crippen molar-refractivity contribution >= 4 is 28.7 Å². The Morgan fingerprint density at radius 1 is 0.947 bits per heavy atom. The molecule has 0 radical (unpaired) electrons. The normalized spacial score (nSPS) is 19.6. The van der Waals surface area contributed by atoms with Crippen LogP contribution in [0.1, 0.15) is 40.3 Å². The Morgan fingerprint density at radius 2 is 1.68 bits per heavy atom. The molecule has 0 unspecified atom stereocenters. The number of aromatic nitrogens is 3. The largest absolute Gasteiger partial charge is 0.378 e. The van der Waals surface area contributed by atoms with Crippen molar-refractivity contribution in [3.8, 4) is 0 Å². The van der Waals surface area contributed by atoms with Crippen LogP contribution in [0.2, 0.25) is 0 Å². The summed E-state index contributed by atoms with van der Waals surface area (Å²) in [5, 5.41) is 4.31. The Morgan fingerprint density at radius 3 is 2.39 bits per heavy atom. The Hall–Kier alpha value is -3.75. The van der Waals surface area contributed by atoms with E-state index in [1.54, 1.807) is 0 Å². The first-order chi connectivity index (χ1) is 18.6. The highest BCUT2D eigenvalue weighted by molar-refractivity contribution is 7.80. The molecule has 0 bridgehead atoms. The number of nitrogens with zero attached hydrogens (tertiary/aromatic N) is 5. The van der Waals surface area contributed by atoms with Gasteiger partial charge in [0.2, 0.25) is 0 Å². The van der Waals surface area contributed by atoms with Crippen LogP contribution < -0.4 is 15.1 Å². The minimum atomic E-state index is -0.0718. The summed E-state index contributed by atoms with van der Waals surface area (Å²) in [6.07, 6.45) is 5.55. The van der Waals surface area contributed by atoms with Gasteiger partial charge in [-0.1, -0.05) is 6.07 Å². The fraction of sp³-hybridized carbons (Fsp3) is 0.300. The minimum Gasteiger partial charge on any atom is -0.378 e. The highest BCUT2D eigenvalue weighted by atomic mass is 32.1. The Labute approximate surface area is 229 Å². The number of ether oxygens (including phenoxy) is 1. The molecule has 5 heterocycles. The fourth-order valence-electron chi connectivity index (χ4n) is 5.64. The molecule has 2 aliphatic heterocycles. The molecule has 0 spiro atoms. The average molecular weight is 525 g/mol. The molecule has 8 heteroatoms. The molecule has 0 aliphatic carbocycles. The molecule has 2 atom stereocenters. The van der Waals surface area contributed by atoms with Crippen molar-refractivity contribution in [2.45, 2.75) is 32.5 Å². The lowest BCUT2D eigenvalue weighted by Gasteiger charge is -2.31. The number of hydrogen-bond donors (Lipinski definition) is 1. The zero-order chi connectivity index (χ0) is 26.1. The predicted molar refractivity (Wildman–Crippen MR) is 155 cm³/mol. The monoisotopic (exact) mass is 524 g/mol. The zero-order valence-electron chi connectivity index (χ0n) is 21.7. The first kappa shape index (κ1) is 24.6. The van der Waals surface area contributed by atoms with E-state index in [2.05, 4.69) is 87.0 Å². The molecule has 3 aromatic heterocycles. The number of hydrogen-bond acceptors (Lipinski definition) is 5. The van der Waals surface area contributed by atoms with E-state index in [4.69, 9.17) is 21.9 Å². The maximum atomic E-state index is 5.97. The molecule has 0 amide bonds. The Bertz CT molecular complexity index is 1400. The van der Waals surface area contributed by atoms with Crippen LogP contribution in [0.5, 0.6) is 0 Å². The van der Waals surface area contributed by atoms with Gasteiger partial charge in [0.15, 0.2) is 5.11 Å². The van der Waals surface area contributed by atoms with Crippen LogP contribution in [0.3, 0.4) is 0 Å². The first-order valence-electron chi connectivity index (χ1n) is 13.1. The van der Waals surface area contributed by atoms with Gasteiger partial charge in [0, 0.05) is 61.0 Å². The quantitative estimate of drug-likeness (QED) is 0.358. The first-order valence-corrected chi connectivity index (χ1v) is 13.5. The summed E-state index contributed by atoms with van der Waals surface area (Å²) in [4.78, 5) is 13.5. The summed E-state index contributed by atoms with van der Waals surface area (Å²) in [5.41, 5.74) is 8.18. The van der Waals surface area contributed by atoms with Gasteiger partial charge < -0.3 is 24.4 Å². The standard InChI is InChI=1S/C30H32N6OS/c1-21-19-26(22(2)35(21)20-23-10-13-31-14-11-23)29-28(27-5-3-4-12-32-27)33-30(38)36(29)25-8-6-24(7-9-25)34-15-17-37-18-16-34/h3-14,19,28-29H,15-18,20H2,1-2H3,(H,33,38)/t28-,29-/m0/s1. The van der Waals surface area contributed by atoms with E-state index in [1.165, 1.54) is 28.2 Å². The van der Waals surface area contributed by atoms with Gasteiger partial charge in [-0.2, -0.15) is 0 Å². The van der Waals surface area contributed by atoms with Crippen molar-refractivity contribution in [1.29, 1.82) is 0 Å². The van der Waals surface area contributed by atoms with Crippen molar-refractivity contribution in [3.63, 3.8) is 0 Å². The van der Waals surface area contributed by atoms with Crippen LogP contribution in [0.15, 0.2) is 79.3 Å². The molecular weight excluding hydrogens is 492 g/mol. The minimum absolute atomic E-state index is 0.0379. The maximum Gasteiger partial charge on any atom is 0.174 e. The maximum absolute atomic E-state index is 5.97. The molecule has 1 aromatic carbocycles. The third-order valence-corrected chi connectivity index (χ3v) is 7.94. The summed E-state index contributed by atoms with van der Waals surface area (Å²) in [6.45, 7) is 8.55. The second-order valence-electron chi connectivity index (χ2n) is 9.88. The van der Waals surface area contributed by atoms with Gasteiger partial charge in [0.05, 0.1) is 31.0 Å². The van der Waals surface area contributed by atoms with Crippen LogP contribution in [-0.4, -0.2) is 46.0 Å². The molecule has 38 heavy (non-hydrogen) atoms. The molecule has 2 fully saturated rings. The summed E-state index contributed by atoms with van der Waals surface area (Å²) >= 11 is 5.97. The number of pyridine rings is 2. The van der Waals surface area contributed by atoms with Crippen LogP contribution >= 0.6 is 12.2 Å². The highest BCUT2D eigenvalue weighted by Gasteiger charge is 2.42. The highest BCUT2D eigenvalue weighted by Crippen LogP contribution is 2.43. The lowest BCUT2D eigenvalue weighted by atomic mass is 9.96. The van der Waals surface area contributed by atoms with E-state index in [1.807, 2.05) is 30.7 Å². The third kappa shape index (κ3) is 4.66. The molecular formula is C30H32N6OS. The average Bonchev–Trinajstić information content (AvgIpc) is 3.45. The number of benzene rings is 1. The van der Waals surface area contributed by atoms with Crippen molar-refractivity contribution in [3.05, 3.63) is 107 Å². The Kier molecular flexibility index (Phi) is 6.82. The van der Waals surface area contributed by atoms with Crippen molar-refractivity contribution in [1.82, 2.24) is 19.9 Å². The molecule has 2 aliphatic rings. The number of anilines is 2. The summed E-state index contributed by atoms with van der Waals surface area (Å²) < 4.78 is 7.91. The van der Waals surface area contributed by atoms with E-state index in [0.717, 1.165) is 44.2 Å². The molecule has 0 saturated carbocycles. The molecule has 7 nitrogen and oxygen atoms in total. The van der Waals surface area contributed by atoms with E-state index < -0.39 is 0 Å². The summed E-state index contributed by atoms with van der Waals surface area (Å²) in [5.74, 6) is 0. The molecule has 194 valence electrons. The number of morpholine rings is 1. The van der Waals surface area contributed by atoms with Gasteiger partial charge in [-0.25, -0.2) is 0 Å². The molecule has 1 N–H and O–H groups in total. The topological polar surface area (TPSA) is 58.5 Å². The van der Waals surface area contributed by atoms with Crippen LogP contribution in [-0.2, 0) is 11.3 Å². The molecule has 2 saturated heterocycles.